The van der Waals surface area contributed by atoms with Gasteiger partial charge in [0.1, 0.15) is 23.6 Å². The standard InChI is InChI=1S/C18H18N6O/c1-2-23-13-19-21-18(23)9-10-24-12-16(20-22-24)14-6-3-4-7-15(14)17-8-5-11-25-17/h3-8,11-13H,2,9-10H2,1H3. The first-order valence-corrected chi connectivity index (χ1v) is 8.25. The Bertz CT molecular complexity index is 954. The SMILES string of the molecule is CCn1cnnc1CCn1cc(-c2ccccc2-c2ccco2)nn1. The van der Waals surface area contributed by atoms with Crippen LogP contribution in [0.4, 0.5) is 0 Å². The summed E-state index contributed by atoms with van der Waals surface area (Å²) >= 11 is 0. The van der Waals surface area contributed by atoms with Crippen LogP contribution in [0.15, 0.2) is 59.6 Å². The third kappa shape index (κ3) is 3.08. The quantitative estimate of drug-likeness (QED) is 0.542. The highest BCUT2D eigenvalue weighted by molar-refractivity contribution is 5.78. The lowest BCUT2D eigenvalue weighted by atomic mass is 10.0. The van der Waals surface area contributed by atoms with Gasteiger partial charge in [0.25, 0.3) is 0 Å². The zero-order valence-electron chi connectivity index (χ0n) is 13.9. The maximum atomic E-state index is 5.54. The molecule has 126 valence electrons. The number of benzene rings is 1. The summed E-state index contributed by atoms with van der Waals surface area (Å²) in [5.74, 6) is 1.77. The van der Waals surface area contributed by atoms with E-state index in [9.17, 15) is 0 Å². The van der Waals surface area contributed by atoms with Gasteiger partial charge in [0, 0.05) is 30.6 Å². The van der Waals surface area contributed by atoms with E-state index in [0.29, 0.717) is 6.54 Å². The van der Waals surface area contributed by atoms with Gasteiger partial charge >= 0.3 is 0 Å². The first kappa shape index (κ1) is 15.3. The minimum atomic E-state index is 0.703. The average molecular weight is 334 g/mol. The number of aryl methyl sites for hydroxylation is 3. The van der Waals surface area contributed by atoms with Gasteiger partial charge in [0.05, 0.1) is 12.5 Å². The molecular weight excluding hydrogens is 316 g/mol. The lowest BCUT2D eigenvalue weighted by Crippen LogP contribution is -2.07. The first-order valence-electron chi connectivity index (χ1n) is 8.25. The number of rotatable bonds is 6. The smallest absolute Gasteiger partial charge is 0.134 e. The van der Waals surface area contributed by atoms with E-state index in [0.717, 1.165) is 41.4 Å². The zero-order valence-corrected chi connectivity index (χ0v) is 13.9. The molecule has 25 heavy (non-hydrogen) atoms. The molecule has 0 N–H and O–H groups in total. The summed E-state index contributed by atoms with van der Waals surface area (Å²) in [6, 6.07) is 11.9. The van der Waals surface area contributed by atoms with E-state index in [2.05, 4.69) is 27.4 Å². The van der Waals surface area contributed by atoms with Crippen molar-refractivity contribution in [2.75, 3.05) is 0 Å². The van der Waals surface area contributed by atoms with Crippen LogP contribution in [-0.4, -0.2) is 29.8 Å². The Morgan fingerprint density at radius 3 is 2.72 bits per heavy atom. The summed E-state index contributed by atoms with van der Waals surface area (Å²) in [6.07, 6.45) is 6.14. The molecule has 4 rings (SSSR count). The summed E-state index contributed by atoms with van der Waals surface area (Å²) in [5.41, 5.74) is 2.83. The Hall–Kier alpha value is -3.22. The third-order valence-corrected chi connectivity index (χ3v) is 4.13. The Labute approximate surface area is 144 Å². The molecule has 4 aromatic rings. The maximum absolute atomic E-state index is 5.54. The molecule has 0 amide bonds. The molecule has 0 aliphatic heterocycles. The molecule has 7 nitrogen and oxygen atoms in total. The summed E-state index contributed by atoms with van der Waals surface area (Å²) in [7, 11) is 0. The highest BCUT2D eigenvalue weighted by Crippen LogP contribution is 2.30. The van der Waals surface area contributed by atoms with E-state index in [-0.39, 0.29) is 0 Å². The first-order chi connectivity index (χ1) is 12.3. The summed E-state index contributed by atoms with van der Waals surface area (Å²) in [6.45, 7) is 3.64. The van der Waals surface area contributed by atoms with E-state index in [1.807, 2.05) is 51.8 Å². The molecule has 0 saturated heterocycles. The molecule has 0 bridgehead atoms. The molecule has 0 aliphatic rings. The Morgan fingerprint density at radius 1 is 1.04 bits per heavy atom. The molecule has 0 saturated carbocycles. The van der Waals surface area contributed by atoms with Crippen LogP contribution in [-0.2, 0) is 19.5 Å². The van der Waals surface area contributed by atoms with Gasteiger partial charge in [-0.25, -0.2) is 0 Å². The second kappa shape index (κ2) is 6.72. The maximum Gasteiger partial charge on any atom is 0.134 e. The van der Waals surface area contributed by atoms with Crippen LogP contribution >= 0.6 is 0 Å². The normalized spacial score (nSPS) is 11.1. The van der Waals surface area contributed by atoms with Gasteiger partial charge in [0.15, 0.2) is 0 Å². The average Bonchev–Trinajstić information content (AvgIpc) is 3.41. The highest BCUT2D eigenvalue weighted by atomic mass is 16.3. The molecule has 3 heterocycles. The summed E-state index contributed by atoms with van der Waals surface area (Å²) < 4.78 is 9.41. The van der Waals surface area contributed by atoms with Crippen molar-refractivity contribution in [1.82, 2.24) is 29.8 Å². The minimum absolute atomic E-state index is 0.703. The molecule has 0 aliphatic carbocycles. The van der Waals surface area contributed by atoms with Crippen molar-refractivity contribution in [3.8, 4) is 22.6 Å². The van der Waals surface area contributed by atoms with Gasteiger partial charge in [0.2, 0.25) is 0 Å². The molecule has 1 aromatic carbocycles. The fourth-order valence-electron chi connectivity index (χ4n) is 2.84. The molecular formula is C18H18N6O. The molecule has 0 fully saturated rings. The van der Waals surface area contributed by atoms with E-state index in [1.54, 1.807) is 12.6 Å². The number of furan rings is 1. The Kier molecular flexibility index (Phi) is 4.12. The number of nitrogens with zero attached hydrogens (tertiary/aromatic N) is 6. The van der Waals surface area contributed by atoms with Crippen LogP contribution in [0.1, 0.15) is 12.7 Å². The molecule has 0 radical (unpaired) electrons. The fraction of sp³-hybridized carbons (Fsp3) is 0.222. The van der Waals surface area contributed by atoms with Gasteiger partial charge in [-0.05, 0) is 19.1 Å². The molecule has 0 atom stereocenters. The monoisotopic (exact) mass is 334 g/mol. The lowest BCUT2D eigenvalue weighted by Gasteiger charge is -2.04. The molecule has 7 heteroatoms. The summed E-state index contributed by atoms with van der Waals surface area (Å²) in [5, 5.41) is 16.7. The van der Waals surface area contributed by atoms with Crippen molar-refractivity contribution in [2.24, 2.45) is 0 Å². The van der Waals surface area contributed by atoms with Crippen molar-refractivity contribution in [3.63, 3.8) is 0 Å². The van der Waals surface area contributed by atoms with Gasteiger partial charge in [-0.1, -0.05) is 29.5 Å². The fourth-order valence-corrected chi connectivity index (χ4v) is 2.84. The van der Waals surface area contributed by atoms with Gasteiger partial charge in [-0.15, -0.1) is 15.3 Å². The second-order valence-corrected chi connectivity index (χ2v) is 5.67. The highest BCUT2D eigenvalue weighted by Gasteiger charge is 2.12. The molecule has 3 aromatic heterocycles. The predicted octanol–water partition coefficient (Wildman–Crippen LogP) is 3.06. The Balaban J connectivity index is 1.56. The van der Waals surface area contributed by atoms with Crippen LogP contribution in [0.3, 0.4) is 0 Å². The largest absolute Gasteiger partial charge is 0.464 e. The van der Waals surface area contributed by atoms with Crippen molar-refractivity contribution in [1.29, 1.82) is 0 Å². The Morgan fingerprint density at radius 2 is 1.92 bits per heavy atom. The zero-order chi connectivity index (χ0) is 17.1. The third-order valence-electron chi connectivity index (χ3n) is 4.13. The van der Waals surface area contributed by atoms with Crippen molar-refractivity contribution < 1.29 is 4.42 Å². The van der Waals surface area contributed by atoms with Gasteiger partial charge in [-0.3, -0.25) is 4.68 Å². The van der Waals surface area contributed by atoms with Crippen molar-refractivity contribution in [3.05, 3.63) is 61.0 Å². The van der Waals surface area contributed by atoms with Crippen LogP contribution < -0.4 is 0 Å². The van der Waals surface area contributed by atoms with E-state index < -0.39 is 0 Å². The van der Waals surface area contributed by atoms with Crippen LogP contribution in [0, 0.1) is 0 Å². The van der Waals surface area contributed by atoms with Gasteiger partial charge in [-0.2, -0.15) is 0 Å². The van der Waals surface area contributed by atoms with Gasteiger partial charge < -0.3 is 8.98 Å². The molecule has 0 spiro atoms. The van der Waals surface area contributed by atoms with Crippen LogP contribution in [0.25, 0.3) is 22.6 Å². The van der Waals surface area contributed by atoms with E-state index in [4.69, 9.17) is 4.42 Å². The van der Waals surface area contributed by atoms with E-state index >= 15 is 0 Å². The lowest BCUT2D eigenvalue weighted by molar-refractivity contribution is 0.560. The van der Waals surface area contributed by atoms with Crippen molar-refractivity contribution >= 4 is 0 Å². The van der Waals surface area contributed by atoms with Crippen LogP contribution in [0.2, 0.25) is 0 Å². The second-order valence-electron chi connectivity index (χ2n) is 5.67. The van der Waals surface area contributed by atoms with E-state index in [1.165, 1.54) is 0 Å². The topological polar surface area (TPSA) is 74.6 Å². The molecule has 0 unspecified atom stereocenters. The number of aromatic nitrogens is 6. The number of hydrogen-bond acceptors (Lipinski definition) is 5. The van der Waals surface area contributed by atoms with Crippen LogP contribution in [0.5, 0.6) is 0 Å². The predicted molar refractivity (Wildman–Crippen MR) is 92.6 cm³/mol. The minimum Gasteiger partial charge on any atom is -0.464 e. The summed E-state index contributed by atoms with van der Waals surface area (Å²) in [4.78, 5) is 0. The number of hydrogen-bond donors (Lipinski definition) is 0. The van der Waals surface area contributed by atoms with Crippen molar-refractivity contribution in [2.45, 2.75) is 26.4 Å².